The van der Waals surface area contributed by atoms with Crippen LogP contribution >= 0.6 is 11.6 Å². The lowest BCUT2D eigenvalue weighted by Crippen LogP contribution is -2.25. The number of nitrogens with zero attached hydrogens (tertiary/aromatic N) is 1. The van der Waals surface area contributed by atoms with Crippen LogP contribution in [0.25, 0.3) is 0 Å². The van der Waals surface area contributed by atoms with Gasteiger partial charge >= 0.3 is 0 Å². The molecule has 3 rings (SSSR count). The molecule has 0 aliphatic carbocycles. The smallest absolute Gasteiger partial charge is 0.262 e. The van der Waals surface area contributed by atoms with Gasteiger partial charge in [0.05, 0.1) is 11.6 Å². The van der Waals surface area contributed by atoms with Crippen LogP contribution < -0.4 is 5.06 Å². The Kier molecular flexibility index (Phi) is 2.58. The van der Waals surface area contributed by atoms with Crippen LogP contribution in [0.5, 0.6) is 0 Å². The Balaban J connectivity index is 2.20. The summed E-state index contributed by atoms with van der Waals surface area (Å²) in [6.45, 7) is 0. The van der Waals surface area contributed by atoms with Crippen LogP contribution in [0.3, 0.4) is 0 Å². The van der Waals surface area contributed by atoms with Gasteiger partial charge in [0, 0.05) is 5.02 Å². The predicted octanol–water partition coefficient (Wildman–Crippen LogP) is 3.21. The molecule has 2 aromatic rings. The van der Waals surface area contributed by atoms with Gasteiger partial charge in [-0.3, -0.25) is 10.0 Å². The number of hydrogen-bond donors (Lipinski definition) is 1. The van der Waals surface area contributed by atoms with E-state index in [9.17, 15) is 10.0 Å². The number of hydrogen-bond acceptors (Lipinski definition) is 2. The Hall–Kier alpha value is -1.84. The number of anilines is 1. The molecule has 0 aromatic heterocycles. The van der Waals surface area contributed by atoms with E-state index in [1.54, 1.807) is 24.3 Å². The third-order valence-corrected chi connectivity index (χ3v) is 3.49. The minimum atomic E-state index is -0.528. The number of para-hydroxylation sites is 1. The first-order valence-electron chi connectivity index (χ1n) is 5.56. The molecule has 90 valence electrons. The van der Waals surface area contributed by atoms with Gasteiger partial charge in [-0.05, 0) is 23.3 Å². The number of fused-ring (bicyclic) bond motifs is 1. The molecule has 18 heavy (non-hydrogen) atoms. The molecule has 1 heterocycles. The SMILES string of the molecule is O=C1C(c2ccccc2Cl)c2ccccc2N1O. The third-order valence-electron chi connectivity index (χ3n) is 3.15. The molecule has 3 nitrogen and oxygen atoms in total. The number of carbonyl (C=O) groups excluding carboxylic acids is 1. The maximum Gasteiger partial charge on any atom is 0.262 e. The van der Waals surface area contributed by atoms with Crippen LogP contribution in [0, 0.1) is 0 Å². The average molecular weight is 260 g/mol. The summed E-state index contributed by atoms with van der Waals surface area (Å²) in [6.07, 6.45) is 0. The highest BCUT2D eigenvalue weighted by Gasteiger charge is 2.38. The monoisotopic (exact) mass is 259 g/mol. The standard InChI is InChI=1S/C14H10ClNO2/c15-11-7-3-1-5-9(11)13-10-6-2-4-8-12(10)16(18)14(13)17/h1-8,13,18H. The quantitative estimate of drug-likeness (QED) is 0.799. The molecule has 1 aliphatic heterocycles. The molecule has 1 unspecified atom stereocenters. The Morgan fingerprint density at radius 1 is 1.00 bits per heavy atom. The zero-order valence-electron chi connectivity index (χ0n) is 9.38. The summed E-state index contributed by atoms with van der Waals surface area (Å²) in [7, 11) is 0. The minimum absolute atomic E-state index is 0.371. The van der Waals surface area contributed by atoms with Crippen molar-refractivity contribution in [1.82, 2.24) is 0 Å². The molecule has 1 N–H and O–H groups in total. The minimum Gasteiger partial charge on any atom is -0.281 e. The Labute approximate surface area is 109 Å². The van der Waals surface area contributed by atoms with Crippen LogP contribution in [-0.2, 0) is 4.79 Å². The summed E-state index contributed by atoms with van der Waals surface area (Å²) in [6, 6.07) is 14.4. The van der Waals surface area contributed by atoms with Gasteiger partial charge in [0.2, 0.25) is 0 Å². The van der Waals surface area contributed by atoms with Gasteiger partial charge in [0.15, 0.2) is 0 Å². The van der Waals surface area contributed by atoms with Crippen molar-refractivity contribution in [2.24, 2.45) is 0 Å². The van der Waals surface area contributed by atoms with Crippen molar-refractivity contribution in [1.29, 1.82) is 0 Å². The molecule has 1 aliphatic rings. The van der Waals surface area contributed by atoms with Crippen molar-refractivity contribution in [3.8, 4) is 0 Å². The van der Waals surface area contributed by atoms with Crippen LogP contribution in [0.4, 0.5) is 5.69 Å². The van der Waals surface area contributed by atoms with Crippen LogP contribution in [0.15, 0.2) is 48.5 Å². The van der Waals surface area contributed by atoms with Gasteiger partial charge in [0.25, 0.3) is 5.91 Å². The summed E-state index contributed by atoms with van der Waals surface area (Å²) >= 11 is 6.13. The molecule has 2 aromatic carbocycles. The van der Waals surface area contributed by atoms with E-state index in [0.29, 0.717) is 21.3 Å². The summed E-state index contributed by atoms with van der Waals surface area (Å²) < 4.78 is 0. The van der Waals surface area contributed by atoms with Crippen molar-refractivity contribution in [3.05, 3.63) is 64.7 Å². The molecule has 0 saturated heterocycles. The molecule has 0 spiro atoms. The maximum absolute atomic E-state index is 12.1. The molecular formula is C14H10ClNO2. The summed E-state index contributed by atoms with van der Waals surface area (Å²) in [5.41, 5.74) is 2.01. The lowest BCUT2D eigenvalue weighted by molar-refractivity contribution is -0.123. The summed E-state index contributed by atoms with van der Waals surface area (Å²) in [4.78, 5) is 12.1. The highest BCUT2D eigenvalue weighted by molar-refractivity contribution is 6.32. The zero-order chi connectivity index (χ0) is 12.7. The van der Waals surface area contributed by atoms with E-state index >= 15 is 0 Å². The normalized spacial score (nSPS) is 18.0. The highest BCUT2D eigenvalue weighted by atomic mass is 35.5. The van der Waals surface area contributed by atoms with Crippen LogP contribution in [0.2, 0.25) is 5.02 Å². The van der Waals surface area contributed by atoms with Crippen molar-refractivity contribution in [2.45, 2.75) is 5.92 Å². The van der Waals surface area contributed by atoms with Crippen molar-refractivity contribution < 1.29 is 10.0 Å². The molecule has 1 amide bonds. The first-order valence-corrected chi connectivity index (χ1v) is 5.94. The molecule has 0 saturated carbocycles. The largest absolute Gasteiger partial charge is 0.281 e. The average Bonchev–Trinajstić information content (AvgIpc) is 2.64. The number of amides is 1. The van der Waals surface area contributed by atoms with Crippen molar-refractivity contribution in [3.63, 3.8) is 0 Å². The zero-order valence-corrected chi connectivity index (χ0v) is 10.1. The van der Waals surface area contributed by atoms with E-state index < -0.39 is 5.92 Å². The van der Waals surface area contributed by atoms with E-state index in [1.165, 1.54) is 0 Å². The fraction of sp³-hybridized carbons (Fsp3) is 0.0714. The predicted molar refractivity (Wildman–Crippen MR) is 69.0 cm³/mol. The maximum atomic E-state index is 12.1. The fourth-order valence-electron chi connectivity index (χ4n) is 2.31. The lowest BCUT2D eigenvalue weighted by atomic mass is 9.93. The number of rotatable bonds is 1. The van der Waals surface area contributed by atoms with E-state index in [4.69, 9.17) is 11.6 Å². The summed E-state index contributed by atoms with van der Waals surface area (Å²) in [5.74, 6) is -0.899. The first-order chi connectivity index (χ1) is 8.70. The second-order valence-electron chi connectivity index (χ2n) is 4.16. The van der Waals surface area contributed by atoms with Gasteiger partial charge in [0.1, 0.15) is 0 Å². The number of hydroxylamine groups is 1. The van der Waals surface area contributed by atoms with Crippen LogP contribution in [0.1, 0.15) is 17.0 Å². The molecule has 0 bridgehead atoms. The molecule has 0 radical (unpaired) electrons. The summed E-state index contributed by atoms with van der Waals surface area (Å²) in [5, 5.41) is 11.0. The van der Waals surface area contributed by atoms with Gasteiger partial charge < -0.3 is 0 Å². The van der Waals surface area contributed by atoms with Crippen molar-refractivity contribution in [2.75, 3.05) is 5.06 Å². The molecular weight excluding hydrogens is 250 g/mol. The van der Waals surface area contributed by atoms with Gasteiger partial charge in [-0.25, -0.2) is 0 Å². The van der Waals surface area contributed by atoms with E-state index in [-0.39, 0.29) is 5.91 Å². The first kappa shape index (κ1) is 11.3. The third kappa shape index (κ3) is 1.52. The number of benzene rings is 2. The second-order valence-corrected chi connectivity index (χ2v) is 4.57. The Bertz CT molecular complexity index is 627. The van der Waals surface area contributed by atoms with E-state index in [0.717, 1.165) is 5.56 Å². The van der Waals surface area contributed by atoms with Crippen molar-refractivity contribution >= 4 is 23.2 Å². The Morgan fingerprint density at radius 3 is 2.33 bits per heavy atom. The number of halogens is 1. The van der Waals surface area contributed by atoms with Crippen LogP contribution in [-0.4, -0.2) is 11.1 Å². The van der Waals surface area contributed by atoms with Gasteiger partial charge in [-0.1, -0.05) is 48.0 Å². The van der Waals surface area contributed by atoms with E-state index in [2.05, 4.69) is 0 Å². The van der Waals surface area contributed by atoms with E-state index in [1.807, 2.05) is 24.3 Å². The number of carbonyl (C=O) groups is 1. The van der Waals surface area contributed by atoms with Gasteiger partial charge in [-0.2, -0.15) is 5.06 Å². The van der Waals surface area contributed by atoms with Gasteiger partial charge in [-0.15, -0.1) is 0 Å². The topological polar surface area (TPSA) is 40.5 Å². The highest BCUT2D eigenvalue weighted by Crippen LogP contribution is 2.41. The molecule has 1 atom stereocenters. The second kappa shape index (κ2) is 4.12. The fourth-order valence-corrected chi connectivity index (χ4v) is 2.55. The molecule has 0 fully saturated rings. The molecule has 4 heteroatoms. The lowest BCUT2D eigenvalue weighted by Gasteiger charge is -2.11. The Morgan fingerprint density at radius 2 is 1.61 bits per heavy atom.